The van der Waals surface area contributed by atoms with Gasteiger partial charge in [0.2, 0.25) is 30.0 Å². The Hall–Kier alpha value is 0.600. The van der Waals surface area contributed by atoms with Gasteiger partial charge in [0, 0.05) is 26.2 Å². The molecule has 26 heavy (non-hydrogen) atoms. The average Bonchev–Trinajstić information content (AvgIpc) is 3.54. The van der Waals surface area contributed by atoms with Gasteiger partial charge in [0.1, 0.15) is 0 Å². The standard InChI is InChI=1S/C10H32N12P4/c1-11-23(12-2)17-25(15-5,21-7-8-21)19-24(13-3,14-4)20-26(16-6,18-23)22-9-10-22/h11-16H,7-10H2,1-6H3. The summed E-state index contributed by atoms with van der Waals surface area (Å²) in [5, 5.41) is 20.4. The lowest BCUT2D eigenvalue weighted by Gasteiger charge is -2.35. The van der Waals surface area contributed by atoms with Crippen LogP contribution in [0.3, 0.4) is 0 Å². The van der Waals surface area contributed by atoms with E-state index in [4.69, 9.17) is 18.1 Å². The summed E-state index contributed by atoms with van der Waals surface area (Å²) in [5.74, 6) is 0. The Kier molecular flexibility index (Phi) is 6.38. The molecule has 6 N–H and O–H groups in total. The van der Waals surface area contributed by atoms with Crippen LogP contribution in [0.5, 0.6) is 0 Å². The van der Waals surface area contributed by atoms with Gasteiger partial charge in [-0.1, -0.05) is 0 Å². The number of hydrogen-bond acceptors (Lipinski definition) is 12. The van der Waals surface area contributed by atoms with Crippen molar-refractivity contribution in [3.8, 4) is 0 Å². The van der Waals surface area contributed by atoms with Crippen molar-refractivity contribution in [3.05, 3.63) is 0 Å². The molecular formula is C10H32N12P4. The summed E-state index contributed by atoms with van der Waals surface area (Å²) in [4.78, 5) is 0. The summed E-state index contributed by atoms with van der Waals surface area (Å²) in [6.45, 7) is 3.95. The highest BCUT2D eigenvalue weighted by molar-refractivity contribution is 7.83. The van der Waals surface area contributed by atoms with Crippen LogP contribution in [0, 0.1) is 0 Å². The van der Waals surface area contributed by atoms with Gasteiger partial charge in [-0.2, -0.15) is 18.1 Å². The molecule has 2 atom stereocenters. The second kappa shape index (κ2) is 7.79. The highest BCUT2D eigenvalue weighted by Crippen LogP contribution is 2.75. The first-order chi connectivity index (χ1) is 12.4. The number of nitrogens with one attached hydrogen (secondary N) is 6. The molecule has 0 saturated carbocycles. The van der Waals surface area contributed by atoms with E-state index in [-0.39, 0.29) is 0 Å². The third-order valence-corrected chi connectivity index (χ3v) is 18.7. The van der Waals surface area contributed by atoms with Gasteiger partial charge in [0.05, 0.1) is 0 Å². The van der Waals surface area contributed by atoms with Gasteiger partial charge in [-0.05, 0) is 42.3 Å². The van der Waals surface area contributed by atoms with Crippen LogP contribution in [0.15, 0.2) is 18.1 Å². The Labute approximate surface area is 156 Å². The van der Waals surface area contributed by atoms with Crippen molar-refractivity contribution >= 4 is 30.0 Å². The van der Waals surface area contributed by atoms with E-state index >= 15 is 0 Å². The first kappa shape index (κ1) is 21.3. The van der Waals surface area contributed by atoms with Gasteiger partial charge < -0.3 is 0 Å². The normalized spacial score (nSPS) is 35.9. The summed E-state index contributed by atoms with van der Waals surface area (Å²) < 4.78 is 25.8. The molecule has 3 rings (SSSR count). The number of rotatable bonds is 8. The first-order valence-corrected chi connectivity index (χ1v) is 15.3. The highest BCUT2D eigenvalue weighted by atomic mass is 31.3. The van der Waals surface area contributed by atoms with E-state index in [2.05, 4.69) is 39.9 Å². The fourth-order valence-corrected chi connectivity index (χ4v) is 18.8. The summed E-state index contributed by atoms with van der Waals surface area (Å²) in [6.07, 6.45) is 0. The summed E-state index contributed by atoms with van der Waals surface area (Å²) in [6, 6.07) is 0. The molecule has 3 aliphatic heterocycles. The Morgan fingerprint density at radius 1 is 0.500 bits per heavy atom. The van der Waals surface area contributed by atoms with E-state index in [0.29, 0.717) is 0 Å². The predicted molar refractivity (Wildman–Crippen MR) is 115 cm³/mol. The molecule has 2 fully saturated rings. The smallest absolute Gasteiger partial charge is 0.218 e. The van der Waals surface area contributed by atoms with Crippen LogP contribution in [0.2, 0.25) is 0 Å². The van der Waals surface area contributed by atoms with Gasteiger partial charge in [0.25, 0.3) is 0 Å². The molecule has 0 aromatic carbocycles. The molecule has 0 amide bonds. The minimum absolute atomic E-state index is 0.987. The molecule has 3 heterocycles. The Morgan fingerprint density at radius 3 is 1.00 bits per heavy atom. The van der Waals surface area contributed by atoms with Crippen molar-refractivity contribution in [1.82, 2.24) is 39.9 Å². The van der Waals surface area contributed by atoms with Crippen LogP contribution in [-0.2, 0) is 0 Å². The quantitative estimate of drug-likeness (QED) is 0.247. The largest absolute Gasteiger partial charge is 0.257 e. The minimum atomic E-state index is -2.39. The fourth-order valence-electron chi connectivity index (χ4n) is 2.71. The minimum Gasteiger partial charge on any atom is -0.257 e. The highest BCUT2D eigenvalue weighted by Gasteiger charge is 2.44. The third kappa shape index (κ3) is 3.73. The number of nitrogens with zero attached hydrogens (tertiary/aromatic N) is 6. The molecule has 0 bridgehead atoms. The van der Waals surface area contributed by atoms with Crippen molar-refractivity contribution in [2.45, 2.75) is 0 Å². The molecule has 16 heteroatoms. The van der Waals surface area contributed by atoms with E-state index in [1.807, 2.05) is 42.3 Å². The maximum Gasteiger partial charge on any atom is 0.218 e. The Morgan fingerprint density at radius 2 is 0.808 bits per heavy atom. The second-order valence-electron chi connectivity index (χ2n) is 5.95. The van der Waals surface area contributed by atoms with Crippen LogP contribution >= 0.6 is 30.0 Å². The molecule has 2 unspecified atom stereocenters. The lowest BCUT2D eigenvalue weighted by atomic mass is 11.0. The van der Waals surface area contributed by atoms with E-state index in [9.17, 15) is 0 Å². The molecule has 0 aromatic rings. The van der Waals surface area contributed by atoms with Crippen LogP contribution < -0.4 is 30.5 Å². The zero-order chi connectivity index (χ0) is 19.1. The summed E-state index contributed by atoms with van der Waals surface area (Å²) >= 11 is 0. The molecule has 12 nitrogen and oxygen atoms in total. The van der Waals surface area contributed by atoms with E-state index in [1.165, 1.54) is 0 Å². The first-order valence-electron chi connectivity index (χ1n) is 8.61. The van der Waals surface area contributed by atoms with Gasteiger partial charge in [-0.15, -0.1) is 0 Å². The van der Waals surface area contributed by atoms with Crippen molar-refractivity contribution in [2.24, 2.45) is 18.1 Å². The lowest BCUT2D eigenvalue weighted by molar-refractivity contribution is 0.863. The maximum atomic E-state index is 5.29. The van der Waals surface area contributed by atoms with Crippen molar-refractivity contribution in [2.75, 3.05) is 68.5 Å². The second-order valence-corrected chi connectivity index (χ2v) is 17.3. The third-order valence-electron chi connectivity index (χ3n) is 4.50. The zero-order valence-electron chi connectivity index (χ0n) is 16.3. The maximum absolute atomic E-state index is 5.29. The van der Waals surface area contributed by atoms with E-state index in [1.54, 1.807) is 0 Å². The van der Waals surface area contributed by atoms with Gasteiger partial charge >= 0.3 is 0 Å². The summed E-state index contributed by atoms with van der Waals surface area (Å²) in [5.41, 5.74) is 0. The molecule has 0 spiro atoms. The van der Waals surface area contributed by atoms with Gasteiger partial charge in [-0.3, -0.25) is 30.5 Å². The summed E-state index contributed by atoms with van der Waals surface area (Å²) in [7, 11) is 2.10. The van der Waals surface area contributed by atoms with Crippen LogP contribution in [0.4, 0.5) is 0 Å². The molecule has 152 valence electrons. The molecule has 0 radical (unpaired) electrons. The zero-order valence-corrected chi connectivity index (χ0v) is 19.9. The number of hydrogen-bond donors (Lipinski definition) is 6. The van der Waals surface area contributed by atoms with Crippen LogP contribution in [0.1, 0.15) is 0 Å². The molecular weight excluding hydrogens is 412 g/mol. The molecule has 0 aromatic heterocycles. The fraction of sp³-hybridized carbons (Fsp3) is 1.00. The monoisotopic (exact) mass is 444 g/mol. The molecule has 0 aliphatic carbocycles. The SMILES string of the molecule is CNP1(NC)=NP(NC)(N2CC2)=NP(NC)(NC)=NP(NC)(N2CC2)=N1. The van der Waals surface area contributed by atoms with E-state index < -0.39 is 30.0 Å². The van der Waals surface area contributed by atoms with Gasteiger partial charge in [0.15, 0.2) is 0 Å². The lowest BCUT2D eigenvalue weighted by Crippen LogP contribution is -2.22. The van der Waals surface area contributed by atoms with Crippen molar-refractivity contribution in [3.63, 3.8) is 0 Å². The van der Waals surface area contributed by atoms with Crippen molar-refractivity contribution < 1.29 is 0 Å². The topological polar surface area (TPSA) is 128 Å². The van der Waals surface area contributed by atoms with Crippen LogP contribution in [-0.4, -0.2) is 77.8 Å². The molecule has 3 aliphatic rings. The Balaban J connectivity index is 2.40. The molecule has 2 saturated heterocycles. The van der Waals surface area contributed by atoms with Crippen molar-refractivity contribution in [1.29, 1.82) is 0 Å². The predicted octanol–water partition coefficient (Wildman–Crippen LogP) is 1.73. The van der Waals surface area contributed by atoms with E-state index in [0.717, 1.165) is 26.2 Å². The van der Waals surface area contributed by atoms with Crippen LogP contribution in [0.25, 0.3) is 0 Å². The average molecular weight is 444 g/mol. The Bertz CT molecular complexity index is 686. The van der Waals surface area contributed by atoms with Gasteiger partial charge in [-0.25, -0.2) is 9.34 Å².